The first kappa shape index (κ1) is 15.0. The van der Waals surface area contributed by atoms with Crippen LogP contribution in [0.2, 0.25) is 0 Å². The molecule has 0 radical (unpaired) electrons. The average molecular weight is 266 g/mol. The second kappa shape index (κ2) is 7.38. The summed E-state index contributed by atoms with van der Waals surface area (Å²) in [5, 5.41) is 2.68. The van der Waals surface area contributed by atoms with Gasteiger partial charge in [-0.05, 0) is 30.7 Å². The van der Waals surface area contributed by atoms with E-state index in [0.29, 0.717) is 17.9 Å². The summed E-state index contributed by atoms with van der Waals surface area (Å²) in [6.45, 7) is 1.69. The van der Waals surface area contributed by atoms with E-state index in [2.05, 4.69) is 10.1 Å². The molecule has 1 aromatic rings. The van der Waals surface area contributed by atoms with Gasteiger partial charge in [-0.1, -0.05) is 6.92 Å². The van der Waals surface area contributed by atoms with Gasteiger partial charge in [0.2, 0.25) is 5.91 Å². The number of ether oxygens (including phenoxy) is 2. The molecule has 0 aromatic heterocycles. The number of nitrogens with one attached hydrogen (secondary N) is 1. The molecule has 1 atom stereocenters. The van der Waals surface area contributed by atoms with Crippen LogP contribution >= 0.6 is 0 Å². The molecule has 0 aliphatic heterocycles. The van der Waals surface area contributed by atoms with Gasteiger partial charge in [-0.2, -0.15) is 0 Å². The summed E-state index contributed by atoms with van der Waals surface area (Å²) >= 11 is 0. The zero-order chi connectivity index (χ0) is 14.3. The van der Waals surface area contributed by atoms with Crippen molar-refractivity contribution in [3.8, 4) is 5.75 Å². The third-order valence-electron chi connectivity index (χ3n) is 2.48. The lowest BCUT2D eigenvalue weighted by atomic mass is 10.2. The Morgan fingerprint density at radius 3 is 2.47 bits per heavy atom. The summed E-state index contributed by atoms with van der Waals surface area (Å²) < 4.78 is 9.63. The van der Waals surface area contributed by atoms with Crippen molar-refractivity contribution in [3.05, 3.63) is 24.3 Å². The smallest absolute Gasteiger partial charge is 0.343 e. The normalized spacial score (nSPS) is 11.5. The Balaban J connectivity index is 2.52. The number of esters is 1. The van der Waals surface area contributed by atoms with Crippen LogP contribution in [0.3, 0.4) is 0 Å². The number of nitrogens with two attached hydrogens (primary N) is 1. The molecule has 6 nitrogen and oxygen atoms in total. The summed E-state index contributed by atoms with van der Waals surface area (Å²) in [6, 6.07) is 6.13. The fraction of sp³-hybridized carbons (Fsp3) is 0.385. The molecule has 0 unspecified atom stereocenters. The van der Waals surface area contributed by atoms with E-state index in [9.17, 15) is 9.59 Å². The van der Waals surface area contributed by atoms with Crippen LogP contribution in [0.5, 0.6) is 5.75 Å². The lowest BCUT2D eigenvalue weighted by Gasteiger charge is -2.10. The van der Waals surface area contributed by atoms with Gasteiger partial charge in [0, 0.05) is 5.69 Å². The molecule has 104 valence electrons. The van der Waals surface area contributed by atoms with Crippen molar-refractivity contribution in [2.24, 2.45) is 5.73 Å². The predicted molar refractivity (Wildman–Crippen MR) is 70.8 cm³/mol. The molecular formula is C13H18N2O4. The topological polar surface area (TPSA) is 90.7 Å². The fourth-order valence-electron chi connectivity index (χ4n) is 1.26. The molecule has 1 rings (SSSR count). The van der Waals surface area contributed by atoms with E-state index in [1.807, 2.05) is 6.92 Å². The highest BCUT2D eigenvalue weighted by Crippen LogP contribution is 2.15. The van der Waals surface area contributed by atoms with Crippen LogP contribution in [0, 0.1) is 0 Å². The number of carbonyl (C=O) groups is 2. The van der Waals surface area contributed by atoms with Crippen molar-refractivity contribution in [1.29, 1.82) is 0 Å². The Morgan fingerprint density at radius 1 is 1.32 bits per heavy atom. The second-order valence-electron chi connectivity index (χ2n) is 3.89. The first-order chi connectivity index (χ1) is 9.06. The molecule has 0 saturated heterocycles. The molecule has 0 aliphatic carbocycles. The Morgan fingerprint density at radius 2 is 1.95 bits per heavy atom. The SMILES string of the molecule is CC[C@@H](N)C(=O)Nc1ccc(OCC(=O)OC)cc1. The highest BCUT2D eigenvalue weighted by Gasteiger charge is 2.10. The Bertz CT molecular complexity index is 431. The monoisotopic (exact) mass is 266 g/mol. The third kappa shape index (κ3) is 4.97. The summed E-state index contributed by atoms with van der Waals surface area (Å²) in [5.74, 6) is -0.166. The lowest BCUT2D eigenvalue weighted by molar-refractivity contribution is -0.142. The second-order valence-corrected chi connectivity index (χ2v) is 3.89. The highest BCUT2D eigenvalue weighted by molar-refractivity contribution is 5.94. The summed E-state index contributed by atoms with van der Waals surface area (Å²) in [4.78, 5) is 22.4. The molecule has 0 saturated carbocycles. The van der Waals surface area contributed by atoms with E-state index in [-0.39, 0.29) is 12.5 Å². The van der Waals surface area contributed by atoms with Gasteiger partial charge in [0.05, 0.1) is 13.2 Å². The molecular weight excluding hydrogens is 248 g/mol. The first-order valence-corrected chi connectivity index (χ1v) is 5.93. The van der Waals surface area contributed by atoms with Crippen molar-refractivity contribution < 1.29 is 19.1 Å². The molecule has 0 fully saturated rings. The summed E-state index contributed by atoms with van der Waals surface area (Å²) in [6.07, 6.45) is 0.576. The summed E-state index contributed by atoms with van der Waals surface area (Å²) in [7, 11) is 1.29. The molecule has 1 aromatic carbocycles. The van der Waals surface area contributed by atoms with Gasteiger partial charge < -0.3 is 20.5 Å². The zero-order valence-electron chi connectivity index (χ0n) is 11.0. The van der Waals surface area contributed by atoms with Gasteiger partial charge in [-0.15, -0.1) is 0 Å². The van der Waals surface area contributed by atoms with Crippen LogP contribution in [0.25, 0.3) is 0 Å². The molecule has 3 N–H and O–H groups in total. The number of rotatable bonds is 6. The molecule has 0 heterocycles. The quantitative estimate of drug-likeness (QED) is 0.747. The van der Waals surface area contributed by atoms with Gasteiger partial charge in [-0.25, -0.2) is 4.79 Å². The van der Waals surface area contributed by atoms with Crippen LogP contribution < -0.4 is 15.8 Å². The van der Waals surface area contributed by atoms with Crippen LogP contribution in [0.15, 0.2) is 24.3 Å². The van der Waals surface area contributed by atoms with E-state index in [0.717, 1.165) is 0 Å². The molecule has 6 heteroatoms. The molecule has 0 spiro atoms. The van der Waals surface area contributed by atoms with Gasteiger partial charge in [0.1, 0.15) is 5.75 Å². The Kier molecular flexibility index (Phi) is 5.81. The van der Waals surface area contributed by atoms with Crippen molar-refractivity contribution in [1.82, 2.24) is 0 Å². The van der Waals surface area contributed by atoms with Crippen molar-refractivity contribution in [2.45, 2.75) is 19.4 Å². The van der Waals surface area contributed by atoms with Crippen molar-refractivity contribution >= 4 is 17.6 Å². The fourth-order valence-corrected chi connectivity index (χ4v) is 1.26. The van der Waals surface area contributed by atoms with Crippen LogP contribution in [-0.4, -0.2) is 31.6 Å². The number of anilines is 1. The number of carbonyl (C=O) groups excluding carboxylic acids is 2. The van der Waals surface area contributed by atoms with E-state index in [4.69, 9.17) is 10.5 Å². The molecule has 0 aliphatic rings. The van der Waals surface area contributed by atoms with Crippen LogP contribution in [0.4, 0.5) is 5.69 Å². The van der Waals surface area contributed by atoms with Gasteiger partial charge >= 0.3 is 5.97 Å². The zero-order valence-corrected chi connectivity index (χ0v) is 11.0. The Labute approximate surface area is 111 Å². The maximum atomic E-state index is 11.6. The molecule has 19 heavy (non-hydrogen) atoms. The standard InChI is InChI=1S/C13H18N2O4/c1-3-11(14)13(17)15-9-4-6-10(7-5-9)19-8-12(16)18-2/h4-7,11H,3,8,14H2,1-2H3,(H,15,17)/t11-/m1/s1. The van der Waals surface area contributed by atoms with Gasteiger partial charge in [0.15, 0.2) is 6.61 Å². The highest BCUT2D eigenvalue weighted by atomic mass is 16.6. The minimum atomic E-state index is -0.518. The lowest BCUT2D eigenvalue weighted by Crippen LogP contribution is -2.34. The summed E-state index contributed by atoms with van der Waals surface area (Å²) in [5.41, 5.74) is 6.23. The van der Waals surface area contributed by atoms with E-state index in [1.54, 1.807) is 24.3 Å². The van der Waals surface area contributed by atoms with Crippen LogP contribution in [-0.2, 0) is 14.3 Å². The van der Waals surface area contributed by atoms with Crippen LogP contribution in [0.1, 0.15) is 13.3 Å². The number of hydrogen-bond donors (Lipinski definition) is 2. The number of hydrogen-bond acceptors (Lipinski definition) is 5. The van der Waals surface area contributed by atoms with E-state index in [1.165, 1.54) is 7.11 Å². The molecule has 0 bridgehead atoms. The largest absolute Gasteiger partial charge is 0.482 e. The van der Waals surface area contributed by atoms with E-state index >= 15 is 0 Å². The van der Waals surface area contributed by atoms with Crippen molar-refractivity contribution in [3.63, 3.8) is 0 Å². The number of benzene rings is 1. The van der Waals surface area contributed by atoms with Gasteiger partial charge in [-0.3, -0.25) is 4.79 Å². The third-order valence-corrected chi connectivity index (χ3v) is 2.48. The molecule has 1 amide bonds. The average Bonchev–Trinajstić information content (AvgIpc) is 2.45. The van der Waals surface area contributed by atoms with E-state index < -0.39 is 12.0 Å². The number of methoxy groups -OCH3 is 1. The predicted octanol–water partition coefficient (Wildman–Crippen LogP) is 0.914. The minimum Gasteiger partial charge on any atom is -0.482 e. The first-order valence-electron chi connectivity index (χ1n) is 5.93. The maximum Gasteiger partial charge on any atom is 0.343 e. The van der Waals surface area contributed by atoms with Crippen molar-refractivity contribution in [2.75, 3.05) is 19.0 Å². The van der Waals surface area contributed by atoms with Gasteiger partial charge in [0.25, 0.3) is 0 Å². The maximum absolute atomic E-state index is 11.6. The number of amides is 1. The minimum absolute atomic E-state index is 0.150. The Hall–Kier alpha value is -2.08.